The number of benzene rings is 2. The van der Waals surface area contributed by atoms with E-state index in [4.69, 9.17) is 9.47 Å². The third kappa shape index (κ3) is 7.07. The third-order valence-corrected chi connectivity index (χ3v) is 8.28. The van der Waals surface area contributed by atoms with E-state index < -0.39 is 0 Å². The summed E-state index contributed by atoms with van der Waals surface area (Å²) in [4.78, 5) is 33.7. The number of rotatable bonds is 9. The van der Waals surface area contributed by atoms with Crippen LogP contribution in [0.5, 0.6) is 0 Å². The molecular weight excluding hydrogens is 516 g/mol. The lowest BCUT2D eigenvalue weighted by atomic mass is 9.94. The Morgan fingerprint density at radius 2 is 1.68 bits per heavy atom. The van der Waals surface area contributed by atoms with Crippen LogP contribution in [0.3, 0.4) is 0 Å². The normalized spacial score (nSPS) is 16.5. The van der Waals surface area contributed by atoms with Gasteiger partial charge in [-0.2, -0.15) is 0 Å². The highest BCUT2D eigenvalue weighted by Gasteiger charge is 2.25. The molecule has 1 amide bonds. The maximum atomic E-state index is 13.6. The molecule has 0 aliphatic carbocycles. The minimum atomic E-state index is -0.183. The number of aromatic amines is 1. The smallest absolute Gasteiger partial charge is 0.253 e. The molecule has 0 radical (unpaired) electrons. The maximum absolute atomic E-state index is 13.6. The Balaban J connectivity index is 1.45. The molecule has 0 bridgehead atoms. The summed E-state index contributed by atoms with van der Waals surface area (Å²) < 4.78 is 11.1. The minimum Gasteiger partial charge on any atom is -0.381 e. The standard InChI is InChI=1S/C33H42N4O4/c1-4-37(29-11-15-40-16-12-29)31-20-28(26-9-6-25(7-10-26)22-36-13-17-41-18-14-36)19-30(24(31)3)33(39)34-21-27-8-5-23(2)35-32(27)38/h5-10,19-20,29H,4,11-18,21-22H2,1-3H3,(H,34,39)(H,35,38). The number of nitrogens with one attached hydrogen (secondary N) is 2. The van der Waals surface area contributed by atoms with Gasteiger partial charge in [0.2, 0.25) is 0 Å². The summed E-state index contributed by atoms with van der Waals surface area (Å²) in [5.41, 5.74) is 7.15. The monoisotopic (exact) mass is 558 g/mol. The molecule has 5 rings (SSSR count). The van der Waals surface area contributed by atoms with Gasteiger partial charge in [0.05, 0.1) is 13.2 Å². The van der Waals surface area contributed by atoms with E-state index in [0.29, 0.717) is 17.2 Å². The molecule has 8 heteroatoms. The van der Waals surface area contributed by atoms with E-state index in [-0.39, 0.29) is 18.0 Å². The summed E-state index contributed by atoms with van der Waals surface area (Å²) >= 11 is 0. The molecule has 0 atom stereocenters. The highest BCUT2D eigenvalue weighted by molar-refractivity contribution is 5.99. The SMILES string of the molecule is CCN(c1cc(-c2ccc(CN3CCOCC3)cc2)cc(C(=O)NCc2ccc(C)[nH]c2=O)c1C)C1CCOCC1. The number of hydrogen-bond donors (Lipinski definition) is 2. The summed E-state index contributed by atoms with van der Waals surface area (Å²) in [6.07, 6.45) is 1.93. The largest absolute Gasteiger partial charge is 0.381 e. The van der Waals surface area contributed by atoms with Crippen LogP contribution < -0.4 is 15.8 Å². The molecule has 2 aliphatic rings. The van der Waals surface area contributed by atoms with Crippen LogP contribution in [0.1, 0.15) is 52.5 Å². The molecule has 2 aromatic carbocycles. The number of carbonyl (C=O) groups is 1. The number of pyridine rings is 1. The van der Waals surface area contributed by atoms with Crippen LogP contribution in [0.25, 0.3) is 11.1 Å². The van der Waals surface area contributed by atoms with Gasteiger partial charge in [-0.1, -0.05) is 30.3 Å². The van der Waals surface area contributed by atoms with Gasteiger partial charge in [0.15, 0.2) is 0 Å². The second kappa shape index (κ2) is 13.5. The molecule has 0 spiro atoms. The molecule has 3 heterocycles. The van der Waals surface area contributed by atoms with Gasteiger partial charge >= 0.3 is 0 Å². The zero-order valence-corrected chi connectivity index (χ0v) is 24.5. The molecule has 218 valence electrons. The molecule has 0 unspecified atom stereocenters. The van der Waals surface area contributed by atoms with Crippen molar-refractivity contribution in [2.45, 2.75) is 52.7 Å². The Kier molecular flexibility index (Phi) is 9.54. The second-order valence-electron chi connectivity index (χ2n) is 11.1. The van der Waals surface area contributed by atoms with Crippen molar-refractivity contribution in [2.75, 3.05) is 51.0 Å². The molecule has 2 aliphatic heterocycles. The van der Waals surface area contributed by atoms with Crippen LogP contribution in [0.4, 0.5) is 5.69 Å². The first kappa shape index (κ1) is 29.0. The van der Waals surface area contributed by atoms with E-state index >= 15 is 0 Å². The number of aromatic nitrogens is 1. The van der Waals surface area contributed by atoms with E-state index in [2.05, 4.69) is 57.4 Å². The van der Waals surface area contributed by atoms with Gasteiger partial charge in [0.1, 0.15) is 0 Å². The van der Waals surface area contributed by atoms with E-state index in [1.165, 1.54) is 5.56 Å². The lowest BCUT2D eigenvalue weighted by Crippen LogP contribution is -2.40. The van der Waals surface area contributed by atoms with Gasteiger partial charge in [-0.05, 0) is 74.1 Å². The molecule has 2 saturated heterocycles. The predicted octanol–water partition coefficient (Wildman–Crippen LogP) is 4.43. The van der Waals surface area contributed by atoms with E-state index in [0.717, 1.165) is 93.5 Å². The van der Waals surface area contributed by atoms with Gasteiger partial charge in [-0.15, -0.1) is 0 Å². The molecular formula is C33H42N4O4. The van der Waals surface area contributed by atoms with Gasteiger partial charge < -0.3 is 24.7 Å². The number of nitrogens with zero attached hydrogens (tertiary/aromatic N) is 2. The van der Waals surface area contributed by atoms with Crippen LogP contribution in [-0.4, -0.2) is 67.9 Å². The zero-order valence-electron chi connectivity index (χ0n) is 24.5. The number of anilines is 1. The number of amides is 1. The van der Waals surface area contributed by atoms with Gasteiger partial charge in [-0.3, -0.25) is 14.5 Å². The lowest BCUT2D eigenvalue weighted by Gasteiger charge is -2.37. The molecule has 1 aromatic heterocycles. The number of aryl methyl sites for hydroxylation is 1. The van der Waals surface area contributed by atoms with Crippen molar-refractivity contribution in [1.82, 2.24) is 15.2 Å². The van der Waals surface area contributed by atoms with Crippen LogP contribution in [-0.2, 0) is 22.6 Å². The molecule has 0 saturated carbocycles. The number of morpholine rings is 1. The van der Waals surface area contributed by atoms with E-state index in [9.17, 15) is 9.59 Å². The van der Waals surface area contributed by atoms with Crippen molar-refractivity contribution in [1.29, 1.82) is 0 Å². The second-order valence-corrected chi connectivity index (χ2v) is 11.1. The summed E-state index contributed by atoms with van der Waals surface area (Å²) in [5.74, 6) is -0.183. The number of hydrogen-bond acceptors (Lipinski definition) is 6. The highest BCUT2D eigenvalue weighted by Crippen LogP contribution is 2.34. The Bertz CT molecular complexity index is 1390. The maximum Gasteiger partial charge on any atom is 0.253 e. The van der Waals surface area contributed by atoms with Crippen molar-refractivity contribution in [3.05, 3.63) is 86.8 Å². The lowest BCUT2D eigenvalue weighted by molar-refractivity contribution is 0.0342. The Hall–Kier alpha value is -3.46. The molecule has 3 aromatic rings. The Labute approximate surface area is 242 Å². The van der Waals surface area contributed by atoms with Crippen molar-refractivity contribution >= 4 is 11.6 Å². The highest BCUT2D eigenvalue weighted by atomic mass is 16.5. The minimum absolute atomic E-state index is 0.168. The molecule has 8 nitrogen and oxygen atoms in total. The Morgan fingerprint density at radius 1 is 0.976 bits per heavy atom. The number of ether oxygens (including phenoxy) is 2. The fourth-order valence-electron chi connectivity index (χ4n) is 5.85. The Morgan fingerprint density at radius 3 is 2.37 bits per heavy atom. The molecule has 2 fully saturated rings. The van der Waals surface area contributed by atoms with Crippen LogP contribution in [0, 0.1) is 13.8 Å². The van der Waals surface area contributed by atoms with Crippen molar-refractivity contribution < 1.29 is 14.3 Å². The fourth-order valence-corrected chi connectivity index (χ4v) is 5.85. The van der Waals surface area contributed by atoms with Crippen molar-refractivity contribution in [2.24, 2.45) is 0 Å². The molecule has 2 N–H and O–H groups in total. The topological polar surface area (TPSA) is 86.9 Å². The van der Waals surface area contributed by atoms with Crippen LogP contribution >= 0.6 is 0 Å². The first-order valence-electron chi connectivity index (χ1n) is 14.8. The van der Waals surface area contributed by atoms with Crippen molar-refractivity contribution in [3.63, 3.8) is 0 Å². The summed E-state index contributed by atoms with van der Waals surface area (Å²) in [6, 6.07) is 16.9. The quantitative estimate of drug-likeness (QED) is 0.404. The van der Waals surface area contributed by atoms with Crippen molar-refractivity contribution in [3.8, 4) is 11.1 Å². The van der Waals surface area contributed by atoms with Gasteiger partial charge in [0.25, 0.3) is 11.5 Å². The zero-order chi connectivity index (χ0) is 28.8. The predicted molar refractivity (Wildman–Crippen MR) is 163 cm³/mol. The average Bonchev–Trinajstić information content (AvgIpc) is 2.99. The third-order valence-electron chi connectivity index (χ3n) is 8.28. The van der Waals surface area contributed by atoms with Gasteiger partial charge in [0, 0.05) is 74.5 Å². The summed E-state index contributed by atoms with van der Waals surface area (Å²) in [7, 11) is 0. The van der Waals surface area contributed by atoms with E-state index in [1.54, 1.807) is 6.07 Å². The van der Waals surface area contributed by atoms with Gasteiger partial charge in [-0.25, -0.2) is 0 Å². The van der Waals surface area contributed by atoms with Crippen LogP contribution in [0.15, 0.2) is 53.3 Å². The average molecular weight is 559 g/mol. The van der Waals surface area contributed by atoms with E-state index in [1.807, 2.05) is 26.0 Å². The van der Waals surface area contributed by atoms with Crippen LogP contribution in [0.2, 0.25) is 0 Å². The summed E-state index contributed by atoms with van der Waals surface area (Å²) in [5, 5.41) is 3.00. The first-order chi connectivity index (χ1) is 19.9. The fraction of sp³-hybridized carbons (Fsp3) is 0.455. The molecule has 41 heavy (non-hydrogen) atoms. The number of carbonyl (C=O) groups excluding carboxylic acids is 1. The number of H-pyrrole nitrogens is 1. The first-order valence-corrected chi connectivity index (χ1v) is 14.8. The summed E-state index contributed by atoms with van der Waals surface area (Å²) in [6.45, 7) is 12.9.